The highest BCUT2D eigenvalue weighted by molar-refractivity contribution is 7.76. The largest absolute Gasteiger partial charge is 0.461 e. The van der Waals surface area contributed by atoms with Gasteiger partial charge in [0.1, 0.15) is 12.2 Å². The van der Waals surface area contributed by atoms with Crippen molar-refractivity contribution < 1.29 is 92.9 Å². The Bertz CT molecular complexity index is 901. The van der Waals surface area contributed by atoms with E-state index < -0.39 is 83.6 Å². The van der Waals surface area contributed by atoms with E-state index >= 15 is 0 Å². The average molecular weight is 611 g/mol. The second kappa shape index (κ2) is 10.0. The molecule has 5 nitrogen and oxygen atoms in total. The highest BCUT2D eigenvalue weighted by Crippen LogP contribution is 2.64. The van der Waals surface area contributed by atoms with Crippen LogP contribution in [0.1, 0.15) is 0 Å². The van der Waals surface area contributed by atoms with E-state index in [4.69, 9.17) is 4.55 Å². The fourth-order valence-electron chi connectivity index (χ4n) is 1.91. The van der Waals surface area contributed by atoms with E-state index in [9.17, 15) is 83.6 Å². The van der Waals surface area contributed by atoms with Crippen molar-refractivity contribution in [2.75, 3.05) is 20.2 Å². The molecule has 0 saturated heterocycles. The van der Waals surface area contributed by atoms with E-state index in [1.54, 1.807) is 6.58 Å². The predicted octanol–water partition coefficient (Wildman–Crippen LogP) is 5.16. The van der Waals surface area contributed by atoms with Crippen molar-refractivity contribution in [2.24, 2.45) is 0 Å². The van der Waals surface area contributed by atoms with Crippen LogP contribution >= 0.6 is 0 Å². The molecule has 0 aliphatic heterocycles. The van der Waals surface area contributed by atoms with Crippen molar-refractivity contribution in [1.82, 2.24) is 4.31 Å². The molecule has 0 fully saturated rings. The molecular weight excluding hydrogens is 601 g/mol. The Labute approximate surface area is 195 Å². The van der Waals surface area contributed by atoms with Gasteiger partial charge in [-0.05, 0) is 0 Å². The van der Waals surface area contributed by atoms with Crippen LogP contribution in [-0.4, -0.2) is 86.9 Å². The van der Waals surface area contributed by atoms with Crippen LogP contribution in [0.5, 0.6) is 0 Å². The summed E-state index contributed by atoms with van der Waals surface area (Å²) in [6, 6.07) is 0. The summed E-state index contributed by atoms with van der Waals surface area (Å²) in [6.07, 6.45) is -7.87. The van der Waals surface area contributed by atoms with Gasteiger partial charge in [0.2, 0.25) is 11.3 Å². The summed E-state index contributed by atoms with van der Waals surface area (Å²) in [5.74, 6) is -61.2. The number of nitrogens with zero attached hydrogens (tertiary/aromatic N) is 1. The van der Waals surface area contributed by atoms with Gasteiger partial charge in [-0.15, -0.1) is 0 Å². The lowest BCUT2D eigenvalue weighted by Crippen LogP contribution is -2.74. The van der Waals surface area contributed by atoms with Gasteiger partial charge in [0.25, 0.3) is 0 Å². The molecular formula is C14H10F17NO4S. The number of likely N-dealkylation sites (N-methyl/N-ethyl adjacent to an activating group) is 1. The molecule has 0 aromatic heterocycles. The Kier molecular flexibility index (Phi) is 9.49. The van der Waals surface area contributed by atoms with E-state index in [2.05, 4.69) is 4.74 Å². The van der Waals surface area contributed by atoms with Gasteiger partial charge in [-0.2, -0.15) is 74.6 Å². The van der Waals surface area contributed by atoms with Gasteiger partial charge < -0.3 is 4.74 Å². The normalized spacial score (nSPS) is 16.1. The minimum absolute atomic E-state index is 0.358. The number of hydrogen-bond donors (Lipinski definition) is 1. The number of halogens is 17. The summed E-state index contributed by atoms with van der Waals surface area (Å²) in [4.78, 5) is 11.3. The fourth-order valence-corrected chi connectivity index (χ4v) is 2.14. The summed E-state index contributed by atoms with van der Waals surface area (Å²) >= 11 is -2.80. The Hall–Kier alpha value is -1.91. The van der Waals surface area contributed by atoms with E-state index in [0.717, 1.165) is 7.05 Å². The molecule has 0 spiro atoms. The van der Waals surface area contributed by atoms with Crippen LogP contribution in [0.15, 0.2) is 12.2 Å². The second-order valence-electron chi connectivity index (χ2n) is 6.72. The topological polar surface area (TPSA) is 66.8 Å². The molecule has 1 atom stereocenters. The number of ether oxygens (including phenoxy) is 1. The maximum absolute atomic E-state index is 13.9. The molecule has 0 saturated carbocycles. The number of hydrogen-bond acceptors (Lipinski definition) is 3. The quantitative estimate of drug-likeness (QED) is 0.143. The van der Waals surface area contributed by atoms with Gasteiger partial charge in [0.15, 0.2) is 0 Å². The molecule has 0 aromatic carbocycles. The van der Waals surface area contributed by atoms with Crippen molar-refractivity contribution in [3.8, 4) is 0 Å². The summed E-state index contributed by atoms with van der Waals surface area (Å²) in [5, 5.41) is 0. The summed E-state index contributed by atoms with van der Waals surface area (Å²) in [6.45, 7) is -0.388. The first-order chi connectivity index (χ1) is 15.9. The van der Waals surface area contributed by atoms with Crippen molar-refractivity contribution in [1.29, 1.82) is 0 Å². The lowest BCUT2D eigenvalue weighted by Gasteiger charge is -2.42. The zero-order chi connectivity index (χ0) is 30.4. The van der Waals surface area contributed by atoms with Gasteiger partial charge in [-0.3, -0.25) is 4.55 Å². The zero-order valence-corrected chi connectivity index (χ0v) is 17.9. The molecule has 0 bridgehead atoms. The number of carbonyl (C=O) groups is 1. The number of alkyl halides is 17. The third-order valence-corrected chi connectivity index (χ3v) is 4.97. The van der Waals surface area contributed by atoms with E-state index in [1.807, 2.05) is 0 Å². The van der Waals surface area contributed by atoms with Gasteiger partial charge in [0, 0.05) is 13.6 Å². The van der Waals surface area contributed by atoms with Crippen LogP contribution in [0, 0.1) is 0 Å². The van der Waals surface area contributed by atoms with E-state index in [0.29, 0.717) is 4.31 Å². The molecule has 0 aromatic rings. The van der Waals surface area contributed by atoms with Crippen LogP contribution < -0.4 is 0 Å². The van der Waals surface area contributed by atoms with Crippen molar-refractivity contribution in [2.45, 2.75) is 47.6 Å². The Balaban J connectivity index is 6.42. The molecule has 220 valence electrons. The minimum atomic E-state index is -8.80. The molecule has 0 rings (SSSR count). The van der Waals surface area contributed by atoms with Crippen LogP contribution in [0.3, 0.4) is 0 Å². The molecule has 37 heavy (non-hydrogen) atoms. The minimum Gasteiger partial charge on any atom is -0.461 e. The Morgan fingerprint density at radius 1 is 0.730 bits per heavy atom. The van der Waals surface area contributed by atoms with Crippen molar-refractivity contribution >= 4 is 17.2 Å². The first kappa shape index (κ1) is 35.1. The van der Waals surface area contributed by atoms with Crippen LogP contribution in [-0.2, 0) is 20.8 Å². The van der Waals surface area contributed by atoms with Crippen molar-refractivity contribution in [3.63, 3.8) is 0 Å². The highest BCUT2D eigenvalue weighted by atomic mass is 32.2. The van der Waals surface area contributed by atoms with Gasteiger partial charge in [0.05, 0.1) is 0 Å². The van der Waals surface area contributed by atoms with Gasteiger partial charge in [-0.1, -0.05) is 6.58 Å². The second-order valence-corrected chi connectivity index (χ2v) is 7.80. The SMILES string of the molecule is C=C(C(=O)OCCN(C)S(=O)O)C(F)(F)C(F)(F)C(F)(F)C(F)(F)C(F)(F)C(F)(F)C(F)(F)C(F)(F)F. The highest BCUT2D eigenvalue weighted by Gasteiger charge is 2.95. The lowest BCUT2D eigenvalue weighted by molar-refractivity contribution is -0.460. The van der Waals surface area contributed by atoms with Crippen LogP contribution in [0.25, 0.3) is 0 Å². The smallest absolute Gasteiger partial charge is 0.460 e. The maximum Gasteiger partial charge on any atom is 0.460 e. The standard InChI is InChI=1S/C14H10F17NO4S/c1-5(6(33)36-4-3-32(2)37(34)35)7(15,16)8(17,18)9(19,20)10(21,22)11(23,24)12(25,26)13(27,28)14(29,30)31/h1,3-4H2,2H3,(H,34,35). The molecule has 1 unspecified atom stereocenters. The molecule has 0 amide bonds. The van der Waals surface area contributed by atoms with Crippen LogP contribution in [0.4, 0.5) is 74.6 Å². The Morgan fingerprint density at radius 2 is 1.05 bits per heavy atom. The number of carbonyl (C=O) groups excluding carboxylic acids is 1. The molecule has 23 heteroatoms. The zero-order valence-electron chi connectivity index (χ0n) is 17.1. The third-order valence-electron chi connectivity index (χ3n) is 4.25. The predicted molar refractivity (Wildman–Crippen MR) is 84.2 cm³/mol. The number of rotatable bonds is 12. The monoisotopic (exact) mass is 611 g/mol. The van der Waals surface area contributed by atoms with Crippen LogP contribution in [0.2, 0.25) is 0 Å². The van der Waals surface area contributed by atoms with Gasteiger partial charge in [-0.25, -0.2) is 13.3 Å². The molecule has 1 N–H and O–H groups in total. The summed E-state index contributed by atoms with van der Waals surface area (Å²) in [7, 11) is 0.794. The lowest BCUT2D eigenvalue weighted by atomic mass is 9.87. The molecule has 0 aliphatic carbocycles. The summed E-state index contributed by atoms with van der Waals surface area (Å²) < 4.78 is 247. The molecule has 0 heterocycles. The van der Waals surface area contributed by atoms with E-state index in [1.165, 1.54) is 0 Å². The average Bonchev–Trinajstić information content (AvgIpc) is 2.70. The Morgan fingerprint density at radius 3 is 1.38 bits per heavy atom. The fraction of sp³-hybridized carbons (Fsp3) is 0.786. The first-order valence-corrected chi connectivity index (χ1v) is 9.37. The molecule has 0 radical (unpaired) electrons. The third kappa shape index (κ3) is 5.34. The summed E-state index contributed by atoms with van der Waals surface area (Å²) in [5.41, 5.74) is -3.24. The first-order valence-electron chi connectivity index (χ1n) is 8.31. The van der Waals surface area contributed by atoms with E-state index in [-0.39, 0.29) is 0 Å². The number of esters is 1. The van der Waals surface area contributed by atoms with Crippen molar-refractivity contribution in [3.05, 3.63) is 12.2 Å². The molecule has 0 aliphatic rings. The van der Waals surface area contributed by atoms with Gasteiger partial charge >= 0.3 is 53.6 Å². The maximum atomic E-state index is 13.9.